The molecule has 1 heterocycles. The summed E-state index contributed by atoms with van der Waals surface area (Å²) in [7, 11) is 0. The normalized spacial score (nSPS) is 60.9. The summed E-state index contributed by atoms with van der Waals surface area (Å²) < 4.78 is 6.66. The molecule has 0 amide bonds. The predicted molar refractivity (Wildman–Crippen MR) is 134 cm³/mol. The van der Waals surface area contributed by atoms with Crippen LogP contribution in [0.1, 0.15) is 106 Å². The maximum absolute atomic E-state index is 11.7. The van der Waals surface area contributed by atoms with Crippen molar-refractivity contribution in [2.75, 3.05) is 0 Å². The molecule has 6 fully saturated rings. The predicted octanol–water partition coefficient (Wildman–Crippen LogP) is 4.44. The van der Waals surface area contributed by atoms with E-state index >= 15 is 0 Å². The Kier molecular flexibility index (Phi) is 4.92. The van der Waals surface area contributed by atoms with E-state index in [9.17, 15) is 20.4 Å². The molecule has 12 atom stereocenters. The summed E-state index contributed by atoms with van der Waals surface area (Å²) in [6.07, 6.45) is 7.18. The van der Waals surface area contributed by atoms with Gasteiger partial charge in [-0.2, -0.15) is 0 Å². The van der Waals surface area contributed by atoms with Gasteiger partial charge in [0.05, 0.1) is 35.6 Å². The molecule has 35 heavy (non-hydrogen) atoms. The zero-order valence-corrected chi connectivity index (χ0v) is 23.1. The van der Waals surface area contributed by atoms with Gasteiger partial charge < -0.3 is 25.2 Å². The molecule has 0 aromatic heterocycles. The molecule has 6 aliphatic rings. The number of rotatable bonds is 2. The van der Waals surface area contributed by atoms with Crippen molar-refractivity contribution in [3.8, 4) is 0 Å². The monoisotopic (exact) mass is 490 g/mol. The fraction of sp³-hybridized carbons (Fsp3) is 1.00. The topological polar surface area (TPSA) is 90.2 Å². The molecule has 1 unspecified atom stereocenters. The van der Waals surface area contributed by atoms with Gasteiger partial charge in [-0.3, -0.25) is 0 Å². The molecule has 1 saturated heterocycles. The van der Waals surface area contributed by atoms with E-state index < -0.39 is 23.4 Å². The summed E-state index contributed by atoms with van der Waals surface area (Å²) >= 11 is 0. The summed E-state index contributed by atoms with van der Waals surface area (Å²) in [6.45, 7) is 15.0. The maximum atomic E-state index is 11.7. The van der Waals surface area contributed by atoms with Gasteiger partial charge in [0.25, 0.3) is 0 Å². The number of hydrogen-bond acceptors (Lipinski definition) is 5. The highest BCUT2D eigenvalue weighted by atomic mass is 16.5. The number of aliphatic hydroxyl groups excluding tert-OH is 3. The molecule has 0 radical (unpaired) electrons. The van der Waals surface area contributed by atoms with Crippen molar-refractivity contribution in [2.45, 2.75) is 142 Å². The Hall–Kier alpha value is -0.200. The summed E-state index contributed by atoms with van der Waals surface area (Å²) in [5.41, 5.74) is -1.35. The third-order valence-corrected chi connectivity index (χ3v) is 13.8. The Balaban J connectivity index is 1.37. The van der Waals surface area contributed by atoms with E-state index in [-0.39, 0.29) is 51.1 Å². The molecule has 5 nitrogen and oxygen atoms in total. The lowest BCUT2D eigenvalue weighted by molar-refractivity contribution is -0.213. The van der Waals surface area contributed by atoms with E-state index in [1.807, 2.05) is 13.8 Å². The summed E-state index contributed by atoms with van der Waals surface area (Å²) in [5, 5.41) is 45.0. The summed E-state index contributed by atoms with van der Waals surface area (Å²) in [5.74, 6) is 0.577. The van der Waals surface area contributed by atoms with Gasteiger partial charge in [-0.1, -0.05) is 27.7 Å². The van der Waals surface area contributed by atoms with Crippen molar-refractivity contribution >= 4 is 0 Å². The Morgan fingerprint density at radius 3 is 2.09 bits per heavy atom. The molecule has 1 aliphatic heterocycles. The molecule has 200 valence electrons. The highest BCUT2D eigenvalue weighted by Crippen LogP contribution is 2.89. The fourth-order valence-electron chi connectivity index (χ4n) is 12.1. The van der Waals surface area contributed by atoms with Crippen LogP contribution in [0.5, 0.6) is 0 Å². The molecule has 0 bridgehead atoms. The average molecular weight is 491 g/mol. The first kappa shape index (κ1) is 25.1. The number of hydrogen-bond donors (Lipinski definition) is 4. The van der Waals surface area contributed by atoms with E-state index in [2.05, 4.69) is 34.6 Å². The van der Waals surface area contributed by atoms with Crippen LogP contribution in [0.3, 0.4) is 0 Å². The molecule has 4 N–H and O–H groups in total. The van der Waals surface area contributed by atoms with E-state index in [0.29, 0.717) is 5.92 Å². The van der Waals surface area contributed by atoms with Crippen LogP contribution >= 0.6 is 0 Å². The van der Waals surface area contributed by atoms with Gasteiger partial charge >= 0.3 is 0 Å². The highest BCUT2D eigenvalue weighted by molar-refractivity contribution is 5.33. The highest BCUT2D eigenvalue weighted by Gasteiger charge is 2.84. The number of fused-ring (bicyclic) bond motifs is 2. The van der Waals surface area contributed by atoms with E-state index in [1.165, 1.54) is 6.42 Å². The van der Waals surface area contributed by atoms with Crippen molar-refractivity contribution in [2.24, 2.45) is 44.8 Å². The van der Waals surface area contributed by atoms with Gasteiger partial charge in [-0.25, -0.2) is 0 Å². The summed E-state index contributed by atoms with van der Waals surface area (Å²) in [6, 6.07) is 0. The van der Waals surface area contributed by atoms with Crippen LogP contribution in [0, 0.1) is 44.8 Å². The first-order chi connectivity index (χ1) is 16.0. The first-order valence-corrected chi connectivity index (χ1v) is 14.4. The lowest BCUT2D eigenvalue weighted by atomic mass is 9.41. The van der Waals surface area contributed by atoms with Gasteiger partial charge in [-0.15, -0.1) is 0 Å². The van der Waals surface area contributed by atoms with Crippen LogP contribution in [0.4, 0.5) is 0 Å². The molecule has 2 spiro atoms. The quantitative estimate of drug-likeness (QED) is 0.460. The fourth-order valence-corrected chi connectivity index (χ4v) is 12.1. The van der Waals surface area contributed by atoms with Crippen LogP contribution in [0.2, 0.25) is 0 Å². The van der Waals surface area contributed by atoms with Gasteiger partial charge in [0.2, 0.25) is 0 Å². The van der Waals surface area contributed by atoms with E-state index in [1.54, 1.807) is 0 Å². The molecule has 0 aromatic carbocycles. The maximum Gasteiger partial charge on any atom is 0.0865 e. The van der Waals surface area contributed by atoms with Crippen molar-refractivity contribution in [1.82, 2.24) is 0 Å². The van der Waals surface area contributed by atoms with Gasteiger partial charge in [0, 0.05) is 5.92 Å². The first-order valence-electron chi connectivity index (χ1n) is 14.4. The molecule has 6 rings (SSSR count). The van der Waals surface area contributed by atoms with Crippen molar-refractivity contribution in [3.05, 3.63) is 0 Å². The van der Waals surface area contributed by atoms with Crippen LogP contribution in [0.15, 0.2) is 0 Å². The lowest BCUT2D eigenvalue weighted by Crippen LogP contribution is -2.62. The Morgan fingerprint density at radius 2 is 1.46 bits per heavy atom. The van der Waals surface area contributed by atoms with Crippen molar-refractivity contribution in [1.29, 1.82) is 0 Å². The molecule has 5 aliphatic carbocycles. The molecule has 5 saturated carbocycles. The third-order valence-electron chi connectivity index (χ3n) is 13.8. The molecule has 0 aromatic rings. The minimum Gasteiger partial charge on any atom is -0.393 e. The van der Waals surface area contributed by atoms with Gasteiger partial charge in [0.15, 0.2) is 0 Å². The van der Waals surface area contributed by atoms with Crippen molar-refractivity contribution < 1.29 is 25.2 Å². The number of aliphatic hydroxyl groups is 4. The summed E-state index contributed by atoms with van der Waals surface area (Å²) in [4.78, 5) is 0. The van der Waals surface area contributed by atoms with Crippen molar-refractivity contribution in [3.63, 3.8) is 0 Å². The Bertz CT molecular complexity index is 911. The zero-order chi connectivity index (χ0) is 25.6. The average Bonchev–Trinajstić information content (AvgIpc) is 3.08. The van der Waals surface area contributed by atoms with Gasteiger partial charge in [-0.05, 0) is 117 Å². The van der Waals surface area contributed by atoms with Crippen LogP contribution in [0.25, 0.3) is 0 Å². The minimum atomic E-state index is -0.886. The molecular weight excluding hydrogens is 440 g/mol. The second-order valence-corrected chi connectivity index (χ2v) is 15.9. The van der Waals surface area contributed by atoms with Gasteiger partial charge in [0.1, 0.15) is 0 Å². The Morgan fingerprint density at radius 1 is 0.771 bits per heavy atom. The standard InChI is InChI=1S/C30H50O5/c1-24(2)20(33)8-11-30-16-29(30)13-12-26(5)23(28(7)10-9-21(35-28)25(3,4)34)18(32)15-27(26,6)19(29)14-17(31)22(24)30/h17-23,31-34H,8-16H2,1-7H3/t17-,18-,19-,20-,21+,22?,23-,26+,27-,28-,29-,30+/m0/s1. The van der Waals surface area contributed by atoms with Crippen LogP contribution in [-0.4, -0.2) is 56.0 Å². The van der Waals surface area contributed by atoms with E-state index in [4.69, 9.17) is 4.74 Å². The largest absolute Gasteiger partial charge is 0.393 e. The zero-order valence-electron chi connectivity index (χ0n) is 23.1. The second kappa shape index (κ2) is 6.86. The smallest absolute Gasteiger partial charge is 0.0865 e. The lowest BCUT2D eigenvalue weighted by Gasteiger charge is -2.64. The van der Waals surface area contributed by atoms with Crippen LogP contribution < -0.4 is 0 Å². The Labute approximate surface area is 212 Å². The molecular formula is C30H50O5. The SMILES string of the molecule is CC(C)(O)[C@H]1CC[C@@](C)([C@H]2[C@@H](O)C[C@@]3(C)[C@@H]4C[C@H](O)C5C(C)(C)[C@@H](O)CC[C@@]56C[C@@]46CC[C@]23C)O1. The third kappa shape index (κ3) is 2.78. The molecule has 5 heteroatoms. The van der Waals surface area contributed by atoms with Crippen LogP contribution in [-0.2, 0) is 4.74 Å². The second-order valence-electron chi connectivity index (χ2n) is 15.9. The van der Waals surface area contributed by atoms with E-state index in [0.717, 1.165) is 51.4 Å². The minimum absolute atomic E-state index is 0.0267. The number of ether oxygens (including phenoxy) is 1.